The molecule has 11 heteroatoms. The minimum Gasteiger partial charge on any atom is -0.352 e. The van der Waals surface area contributed by atoms with Crippen LogP contribution in [0.1, 0.15) is 64.9 Å². The van der Waals surface area contributed by atoms with E-state index in [4.69, 9.17) is 0 Å². The fourth-order valence-electron chi connectivity index (χ4n) is 4.66. The van der Waals surface area contributed by atoms with Crippen LogP contribution in [0.25, 0.3) is 5.82 Å². The molecule has 4 rings (SSSR count). The molecule has 2 aromatic heterocycles. The number of alkyl halides is 3. The molecule has 2 heterocycles. The molecule has 0 aliphatic heterocycles. The van der Waals surface area contributed by atoms with Gasteiger partial charge < -0.3 is 9.88 Å². The highest BCUT2D eigenvalue weighted by molar-refractivity contribution is 5.98. The Labute approximate surface area is 211 Å². The van der Waals surface area contributed by atoms with Gasteiger partial charge in [-0.2, -0.15) is 18.3 Å². The van der Waals surface area contributed by atoms with Gasteiger partial charge in [0.25, 0.3) is 5.91 Å². The highest BCUT2D eigenvalue weighted by atomic mass is 19.4. The Kier molecular flexibility index (Phi) is 7.89. The SMILES string of the molecule is Cn1cnc(-n2cc(C(=O)NCCCC(=O)C3CCC(C(=O)c4ccccc4)CC3)c(C(F)(F)F)n2)c1. The molecule has 1 N–H and O–H groups in total. The molecule has 1 aliphatic rings. The molecule has 1 saturated carbocycles. The van der Waals surface area contributed by atoms with Crippen LogP contribution >= 0.6 is 0 Å². The van der Waals surface area contributed by atoms with Gasteiger partial charge in [0.1, 0.15) is 5.78 Å². The largest absolute Gasteiger partial charge is 0.435 e. The first-order valence-electron chi connectivity index (χ1n) is 12.2. The number of aryl methyl sites for hydroxylation is 1. The number of nitrogens with one attached hydrogen (secondary N) is 1. The maximum atomic E-state index is 13.5. The zero-order valence-electron chi connectivity index (χ0n) is 20.4. The van der Waals surface area contributed by atoms with Crippen LogP contribution in [0.5, 0.6) is 0 Å². The molecule has 0 unspecified atom stereocenters. The maximum Gasteiger partial charge on any atom is 0.435 e. The van der Waals surface area contributed by atoms with Crippen LogP contribution in [0, 0.1) is 11.8 Å². The maximum absolute atomic E-state index is 13.5. The first-order chi connectivity index (χ1) is 17.6. The third kappa shape index (κ3) is 6.33. The number of hydrogen-bond donors (Lipinski definition) is 1. The summed E-state index contributed by atoms with van der Waals surface area (Å²) in [6.07, 6.45) is 2.17. The fraction of sp³-hybridized carbons (Fsp3) is 0.423. The van der Waals surface area contributed by atoms with Crippen molar-refractivity contribution in [3.63, 3.8) is 0 Å². The summed E-state index contributed by atoms with van der Waals surface area (Å²) in [4.78, 5) is 41.7. The molecule has 0 saturated heterocycles. The molecule has 37 heavy (non-hydrogen) atoms. The van der Waals surface area contributed by atoms with Crippen LogP contribution < -0.4 is 5.32 Å². The molecule has 196 valence electrons. The quantitative estimate of drug-likeness (QED) is 0.337. The molecule has 8 nitrogen and oxygen atoms in total. The third-order valence-corrected chi connectivity index (χ3v) is 6.65. The van der Waals surface area contributed by atoms with Gasteiger partial charge >= 0.3 is 6.18 Å². The van der Waals surface area contributed by atoms with Gasteiger partial charge in [-0.1, -0.05) is 30.3 Å². The van der Waals surface area contributed by atoms with Crippen molar-refractivity contribution in [2.75, 3.05) is 6.54 Å². The van der Waals surface area contributed by atoms with Crippen molar-refractivity contribution in [3.8, 4) is 5.82 Å². The number of rotatable bonds is 9. The van der Waals surface area contributed by atoms with E-state index in [1.807, 2.05) is 18.2 Å². The fourth-order valence-corrected chi connectivity index (χ4v) is 4.66. The molecule has 1 amide bonds. The average Bonchev–Trinajstić information content (AvgIpc) is 3.53. The molecule has 0 bridgehead atoms. The standard InChI is InChI=1S/C26H28F3N5O3/c1-33-15-22(31-16-33)34-14-20(24(32-34)26(27,28)29)25(37)30-13-5-8-21(35)17-9-11-19(12-10-17)23(36)18-6-3-2-4-7-18/h2-4,6-7,14-17,19H,5,8-13H2,1H3,(H,30,37). The zero-order chi connectivity index (χ0) is 26.6. The molecule has 0 atom stereocenters. The number of imidazole rings is 1. The number of carbonyl (C=O) groups is 3. The van der Waals surface area contributed by atoms with Crippen LogP contribution in [0.4, 0.5) is 13.2 Å². The van der Waals surface area contributed by atoms with Gasteiger partial charge in [0.15, 0.2) is 17.3 Å². The van der Waals surface area contributed by atoms with E-state index in [0.29, 0.717) is 37.7 Å². The van der Waals surface area contributed by atoms with Gasteiger partial charge in [0.2, 0.25) is 0 Å². The summed E-state index contributed by atoms with van der Waals surface area (Å²) in [6, 6.07) is 9.12. The Morgan fingerprint density at radius 3 is 2.32 bits per heavy atom. The van der Waals surface area contributed by atoms with Crippen LogP contribution in [-0.2, 0) is 18.0 Å². The van der Waals surface area contributed by atoms with Crippen LogP contribution in [0.15, 0.2) is 49.1 Å². The van der Waals surface area contributed by atoms with Crippen molar-refractivity contribution < 1.29 is 27.6 Å². The van der Waals surface area contributed by atoms with Crippen molar-refractivity contribution in [3.05, 3.63) is 65.9 Å². The summed E-state index contributed by atoms with van der Waals surface area (Å²) in [5.41, 5.74) is -1.22. The van der Waals surface area contributed by atoms with Crippen molar-refractivity contribution in [1.29, 1.82) is 0 Å². The lowest BCUT2D eigenvalue weighted by atomic mass is 9.76. The Morgan fingerprint density at radius 1 is 1.03 bits per heavy atom. The number of halogens is 3. The Bertz CT molecular complexity index is 1260. The van der Waals surface area contributed by atoms with Crippen LogP contribution in [0.2, 0.25) is 0 Å². The summed E-state index contributed by atoms with van der Waals surface area (Å²) in [7, 11) is 1.66. The predicted octanol–water partition coefficient (Wildman–Crippen LogP) is 4.39. The molecule has 1 fully saturated rings. The molecule has 1 aromatic carbocycles. The highest BCUT2D eigenvalue weighted by Crippen LogP contribution is 2.33. The first kappa shape index (κ1) is 26.3. The summed E-state index contributed by atoms with van der Waals surface area (Å²) in [5, 5.41) is 5.98. The van der Waals surface area contributed by atoms with Crippen LogP contribution in [0.3, 0.4) is 0 Å². The number of nitrogens with zero attached hydrogens (tertiary/aromatic N) is 4. The number of benzene rings is 1. The second-order valence-electron chi connectivity index (χ2n) is 9.34. The number of amides is 1. The summed E-state index contributed by atoms with van der Waals surface area (Å²) >= 11 is 0. The molecule has 0 radical (unpaired) electrons. The zero-order valence-corrected chi connectivity index (χ0v) is 20.4. The van der Waals surface area contributed by atoms with Gasteiger partial charge in [-0.3, -0.25) is 14.4 Å². The van der Waals surface area contributed by atoms with Gasteiger partial charge in [-0.05, 0) is 32.1 Å². The Hall–Kier alpha value is -3.76. The van der Waals surface area contributed by atoms with E-state index >= 15 is 0 Å². The van der Waals surface area contributed by atoms with E-state index in [9.17, 15) is 27.6 Å². The molecule has 1 aliphatic carbocycles. The second kappa shape index (κ2) is 11.1. The van der Waals surface area contributed by atoms with E-state index in [-0.39, 0.29) is 42.2 Å². The lowest BCUT2D eigenvalue weighted by Crippen LogP contribution is -2.28. The van der Waals surface area contributed by atoms with Crippen molar-refractivity contribution in [2.24, 2.45) is 18.9 Å². The monoisotopic (exact) mass is 515 g/mol. The Morgan fingerprint density at radius 2 is 1.70 bits per heavy atom. The van der Waals surface area contributed by atoms with Crippen LogP contribution in [-0.4, -0.2) is 43.3 Å². The minimum atomic E-state index is -4.82. The van der Waals surface area contributed by atoms with Crippen molar-refractivity contribution >= 4 is 17.5 Å². The van der Waals surface area contributed by atoms with Gasteiger partial charge in [0, 0.05) is 49.8 Å². The Balaban J connectivity index is 1.25. The van der Waals surface area contributed by atoms with E-state index in [0.717, 1.165) is 10.9 Å². The second-order valence-corrected chi connectivity index (χ2v) is 9.34. The lowest BCUT2D eigenvalue weighted by molar-refractivity contribution is -0.141. The lowest BCUT2D eigenvalue weighted by Gasteiger charge is -2.26. The van der Waals surface area contributed by atoms with Gasteiger partial charge in [-0.25, -0.2) is 9.67 Å². The number of aromatic nitrogens is 4. The smallest absolute Gasteiger partial charge is 0.352 e. The molecular weight excluding hydrogens is 487 g/mol. The van der Waals surface area contributed by atoms with E-state index in [2.05, 4.69) is 15.4 Å². The van der Waals surface area contributed by atoms with E-state index in [1.54, 1.807) is 23.7 Å². The normalized spacial score (nSPS) is 17.9. The van der Waals surface area contributed by atoms with Crippen molar-refractivity contribution in [1.82, 2.24) is 24.6 Å². The molecular formula is C26H28F3N5O3. The number of hydrogen-bond acceptors (Lipinski definition) is 5. The van der Waals surface area contributed by atoms with Crippen molar-refractivity contribution in [2.45, 2.75) is 44.7 Å². The summed E-state index contributed by atoms with van der Waals surface area (Å²) < 4.78 is 42.9. The third-order valence-electron chi connectivity index (χ3n) is 6.65. The van der Waals surface area contributed by atoms with Gasteiger partial charge in [-0.15, -0.1) is 0 Å². The average molecular weight is 516 g/mol. The summed E-state index contributed by atoms with van der Waals surface area (Å²) in [6.45, 7) is 0.0540. The van der Waals surface area contributed by atoms with E-state index < -0.39 is 23.3 Å². The predicted molar refractivity (Wildman–Crippen MR) is 128 cm³/mol. The first-order valence-corrected chi connectivity index (χ1v) is 12.2. The van der Waals surface area contributed by atoms with Gasteiger partial charge in [0.05, 0.1) is 11.9 Å². The highest BCUT2D eigenvalue weighted by Gasteiger charge is 2.39. The number of ketones is 2. The minimum absolute atomic E-state index is 0.0540. The van der Waals surface area contributed by atoms with E-state index in [1.165, 1.54) is 12.5 Å². The molecule has 0 spiro atoms. The number of Topliss-reactive ketones (excluding diaryl/α,β-unsaturated/α-hetero) is 2. The molecule has 3 aromatic rings. The topological polar surface area (TPSA) is 98.9 Å². The summed E-state index contributed by atoms with van der Waals surface area (Å²) in [5.74, 6) is -0.818. The number of carbonyl (C=O) groups excluding carboxylic acids is 3.